The first kappa shape index (κ1) is 16.6. The van der Waals surface area contributed by atoms with Crippen LogP contribution in [0.4, 0.5) is 11.5 Å². The summed E-state index contributed by atoms with van der Waals surface area (Å²) in [4.78, 5) is 9.27. The predicted molar refractivity (Wildman–Crippen MR) is 108 cm³/mol. The maximum atomic E-state index is 4.89. The number of anilines is 2. The Kier molecular flexibility index (Phi) is 3.94. The molecule has 0 bridgehead atoms. The molecule has 26 heavy (non-hydrogen) atoms. The van der Waals surface area contributed by atoms with Crippen molar-refractivity contribution in [1.82, 2.24) is 19.1 Å². The van der Waals surface area contributed by atoms with Gasteiger partial charge in [0.15, 0.2) is 0 Å². The van der Waals surface area contributed by atoms with E-state index in [9.17, 15) is 0 Å². The quantitative estimate of drug-likeness (QED) is 0.571. The van der Waals surface area contributed by atoms with E-state index in [0.29, 0.717) is 0 Å². The third-order valence-corrected chi connectivity index (χ3v) is 5.36. The van der Waals surface area contributed by atoms with Gasteiger partial charge in [-0.3, -0.25) is 0 Å². The van der Waals surface area contributed by atoms with E-state index in [2.05, 4.69) is 46.2 Å². The van der Waals surface area contributed by atoms with E-state index >= 15 is 0 Å². The van der Waals surface area contributed by atoms with Crippen LogP contribution in [0.15, 0.2) is 36.7 Å². The number of benzene rings is 1. The summed E-state index contributed by atoms with van der Waals surface area (Å²) in [5, 5.41) is 4.76. The fourth-order valence-electron chi connectivity index (χ4n) is 4.04. The van der Waals surface area contributed by atoms with Crippen LogP contribution in [0.1, 0.15) is 31.5 Å². The van der Waals surface area contributed by atoms with Gasteiger partial charge in [-0.05, 0) is 61.6 Å². The number of rotatable bonds is 2. The molecule has 5 rings (SSSR count). The van der Waals surface area contributed by atoms with Crippen molar-refractivity contribution in [2.45, 2.75) is 33.1 Å². The van der Waals surface area contributed by atoms with Gasteiger partial charge >= 0.3 is 0 Å². The number of hydrogen-bond acceptors (Lipinski definition) is 3. The Hall–Kier alpha value is -2.82. The number of aryl methyl sites for hydroxylation is 3. The summed E-state index contributed by atoms with van der Waals surface area (Å²) in [6, 6.07) is 10.5. The van der Waals surface area contributed by atoms with Crippen molar-refractivity contribution in [3.05, 3.63) is 47.9 Å². The molecule has 0 saturated heterocycles. The van der Waals surface area contributed by atoms with E-state index in [1.54, 1.807) is 0 Å². The van der Waals surface area contributed by atoms with Crippen LogP contribution in [-0.2, 0) is 26.9 Å². The highest BCUT2D eigenvalue weighted by atomic mass is 15.1. The Balaban J connectivity index is 0.00000168. The van der Waals surface area contributed by atoms with Crippen molar-refractivity contribution in [2.75, 3.05) is 5.32 Å². The molecule has 3 aromatic heterocycles. The smallest absolute Gasteiger partial charge is 0.142 e. The number of hydrogen-bond donors (Lipinski definition) is 1. The second kappa shape index (κ2) is 6.16. The molecule has 5 nitrogen and oxygen atoms in total. The zero-order valence-corrected chi connectivity index (χ0v) is 14.6. The van der Waals surface area contributed by atoms with Crippen molar-refractivity contribution in [3.63, 3.8) is 0 Å². The molecule has 0 unspecified atom stereocenters. The van der Waals surface area contributed by atoms with Crippen molar-refractivity contribution < 1.29 is 0 Å². The third-order valence-electron chi connectivity index (χ3n) is 5.36. The molecule has 134 valence electrons. The maximum Gasteiger partial charge on any atom is 0.142 e. The van der Waals surface area contributed by atoms with Crippen molar-refractivity contribution >= 4 is 33.6 Å². The molecule has 0 radical (unpaired) electrons. The predicted octanol–water partition coefficient (Wildman–Crippen LogP) is 4.72. The fraction of sp³-hybridized carbons (Fsp3) is 0.333. The highest BCUT2D eigenvalue weighted by Gasteiger charge is 2.19. The minimum absolute atomic E-state index is 0. The van der Waals surface area contributed by atoms with Gasteiger partial charge in [-0.2, -0.15) is 0 Å². The largest absolute Gasteiger partial charge is 0.340 e. The lowest BCUT2D eigenvalue weighted by Gasteiger charge is -2.12. The molecule has 1 aliphatic rings. The molecular formula is C21H25N5. The summed E-state index contributed by atoms with van der Waals surface area (Å²) in [6.07, 6.45) is 6.76. The van der Waals surface area contributed by atoms with Gasteiger partial charge in [0.1, 0.15) is 11.5 Å². The highest BCUT2D eigenvalue weighted by molar-refractivity contribution is 5.85. The summed E-state index contributed by atoms with van der Waals surface area (Å²) in [5.41, 5.74) is 7.19. The maximum absolute atomic E-state index is 4.89. The van der Waals surface area contributed by atoms with Gasteiger partial charge < -0.3 is 14.5 Å². The van der Waals surface area contributed by atoms with Crippen LogP contribution in [0.2, 0.25) is 0 Å². The summed E-state index contributed by atoms with van der Waals surface area (Å²) in [5.74, 6) is 0.881. The summed E-state index contributed by atoms with van der Waals surface area (Å²) < 4.78 is 4.31. The monoisotopic (exact) mass is 347 g/mol. The zero-order valence-electron chi connectivity index (χ0n) is 14.6. The van der Waals surface area contributed by atoms with Gasteiger partial charge in [0, 0.05) is 30.9 Å². The molecule has 3 heterocycles. The van der Waals surface area contributed by atoms with E-state index in [1.165, 1.54) is 42.3 Å². The number of pyridine rings is 1. The zero-order chi connectivity index (χ0) is 17.0. The minimum Gasteiger partial charge on any atom is -0.340 e. The number of nitrogens with zero attached hydrogens (tertiary/aromatic N) is 4. The second-order valence-electron chi connectivity index (χ2n) is 6.94. The van der Waals surface area contributed by atoms with Crippen LogP contribution < -0.4 is 5.32 Å². The Morgan fingerprint density at radius 1 is 1.04 bits per heavy atom. The van der Waals surface area contributed by atoms with Crippen molar-refractivity contribution in [1.29, 1.82) is 0 Å². The second-order valence-corrected chi connectivity index (χ2v) is 6.94. The Bertz CT molecular complexity index is 1100. The van der Waals surface area contributed by atoms with E-state index in [4.69, 9.17) is 4.98 Å². The van der Waals surface area contributed by atoms with E-state index in [0.717, 1.165) is 28.2 Å². The molecule has 0 fully saturated rings. The van der Waals surface area contributed by atoms with Crippen LogP contribution in [-0.4, -0.2) is 19.1 Å². The third kappa shape index (κ3) is 2.46. The molecular weight excluding hydrogens is 322 g/mol. The molecule has 5 heteroatoms. The first-order valence-electron chi connectivity index (χ1n) is 8.86. The molecule has 0 spiro atoms. The SMILES string of the molecule is C.Cn1cnc2ccc(Nc3ccc4c5c(n(C)c4n3)CCCC5)cc21. The lowest BCUT2D eigenvalue weighted by Crippen LogP contribution is -2.05. The van der Waals surface area contributed by atoms with Gasteiger partial charge in [0.2, 0.25) is 0 Å². The molecule has 0 aliphatic heterocycles. The fourth-order valence-corrected chi connectivity index (χ4v) is 4.04. The topological polar surface area (TPSA) is 47.7 Å². The van der Waals surface area contributed by atoms with Crippen LogP contribution in [0.3, 0.4) is 0 Å². The van der Waals surface area contributed by atoms with E-state index in [1.807, 2.05) is 24.0 Å². The van der Waals surface area contributed by atoms with Crippen LogP contribution in [0.25, 0.3) is 22.1 Å². The van der Waals surface area contributed by atoms with E-state index < -0.39 is 0 Å². The normalized spacial score (nSPS) is 13.6. The average Bonchev–Trinajstić information content (AvgIpc) is 3.14. The average molecular weight is 347 g/mol. The number of fused-ring (bicyclic) bond motifs is 4. The molecule has 4 aromatic rings. The van der Waals surface area contributed by atoms with Crippen LogP contribution in [0.5, 0.6) is 0 Å². The van der Waals surface area contributed by atoms with Crippen LogP contribution in [0, 0.1) is 0 Å². The van der Waals surface area contributed by atoms with Gasteiger partial charge in [-0.25, -0.2) is 9.97 Å². The lowest BCUT2D eigenvalue weighted by atomic mass is 9.96. The Morgan fingerprint density at radius 2 is 1.88 bits per heavy atom. The van der Waals surface area contributed by atoms with Gasteiger partial charge in [0.25, 0.3) is 0 Å². The highest BCUT2D eigenvalue weighted by Crippen LogP contribution is 2.31. The van der Waals surface area contributed by atoms with Gasteiger partial charge in [-0.15, -0.1) is 0 Å². The lowest BCUT2D eigenvalue weighted by molar-refractivity contribution is 0.652. The van der Waals surface area contributed by atoms with Crippen molar-refractivity contribution in [3.8, 4) is 0 Å². The number of nitrogens with one attached hydrogen (secondary N) is 1. The Morgan fingerprint density at radius 3 is 2.77 bits per heavy atom. The first-order valence-corrected chi connectivity index (χ1v) is 8.86. The van der Waals surface area contributed by atoms with Crippen LogP contribution >= 0.6 is 0 Å². The Labute approximate surface area is 153 Å². The standard InChI is InChI=1S/C20H21N5.CH4/c1-24-12-21-16-9-7-13(11-18(16)24)22-19-10-8-15-14-5-3-4-6-17(14)25(2)20(15)23-19;/h7-12H,3-6H2,1-2H3,(H,22,23);1H4. The summed E-state index contributed by atoms with van der Waals surface area (Å²) in [6.45, 7) is 0. The number of aromatic nitrogens is 4. The molecule has 1 aliphatic carbocycles. The number of imidazole rings is 1. The first-order chi connectivity index (χ1) is 12.2. The van der Waals surface area contributed by atoms with Gasteiger partial charge in [-0.1, -0.05) is 7.43 Å². The summed E-state index contributed by atoms with van der Waals surface area (Å²) >= 11 is 0. The molecule has 0 amide bonds. The minimum atomic E-state index is 0. The summed E-state index contributed by atoms with van der Waals surface area (Å²) in [7, 11) is 4.16. The van der Waals surface area contributed by atoms with Crippen molar-refractivity contribution in [2.24, 2.45) is 14.1 Å². The van der Waals surface area contributed by atoms with E-state index in [-0.39, 0.29) is 7.43 Å². The molecule has 0 saturated carbocycles. The van der Waals surface area contributed by atoms with Gasteiger partial charge in [0.05, 0.1) is 17.4 Å². The molecule has 1 aromatic carbocycles. The molecule has 0 atom stereocenters. The molecule has 1 N–H and O–H groups in total.